The van der Waals surface area contributed by atoms with Crippen LogP contribution in [0.25, 0.3) is 0 Å². The Balaban J connectivity index is 1.74. The van der Waals surface area contributed by atoms with Gasteiger partial charge in [0.15, 0.2) is 0 Å². The number of nitrogens with one attached hydrogen (secondary N) is 1. The van der Waals surface area contributed by atoms with Crippen LogP contribution in [-0.4, -0.2) is 10.8 Å². The van der Waals surface area contributed by atoms with Gasteiger partial charge in [-0.05, 0) is 35.4 Å². The molecule has 3 nitrogen and oxygen atoms in total. The van der Waals surface area contributed by atoms with E-state index in [1.54, 1.807) is 0 Å². The molecule has 0 saturated carbocycles. The maximum absolute atomic E-state index is 13.1. The van der Waals surface area contributed by atoms with Gasteiger partial charge in [-0.25, -0.2) is 0 Å². The Morgan fingerprint density at radius 3 is 2.32 bits per heavy atom. The van der Waals surface area contributed by atoms with Crippen LogP contribution in [0.1, 0.15) is 27.7 Å². The van der Waals surface area contributed by atoms with E-state index < -0.39 is 0 Å². The van der Waals surface area contributed by atoms with E-state index in [1.807, 2.05) is 83.8 Å². The molecule has 3 aromatic rings. The summed E-state index contributed by atoms with van der Waals surface area (Å²) in [6.07, 6.45) is -0.209. The van der Waals surface area contributed by atoms with Crippen LogP contribution in [0.5, 0.6) is 0 Å². The molecule has 0 radical (unpaired) electrons. The molecule has 0 aliphatic carbocycles. The number of hydrogen-bond acceptors (Lipinski definition) is 2. The summed E-state index contributed by atoms with van der Waals surface area (Å²) in [6.45, 7) is 0.511. The normalized spacial score (nSPS) is 16.3. The Morgan fingerprint density at radius 2 is 1.56 bits per heavy atom. The maximum Gasteiger partial charge on any atom is 0.258 e. The lowest BCUT2D eigenvalue weighted by atomic mass is 10.0. The highest BCUT2D eigenvalue weighted by molar-refractivity contribution is 6.30. The minimum atomic E-state index is -0.209. The van der Waals surface area contributed by atoms with Crippen LogP contribution in [0.4, 0.5) is 5.69 Å². The minimum Gasteiger partial charge on any atom is -0.361 e. The number of hydrogen-bond donors (Lipinski definition) is 1. The van der Waals surface area contributed by atoms with Crippen LogP contribution in [0.15, 0.2) is 78.9 Å². The van der Waals surface area contributed by atoms with E-state index in [9.17, 15) is 4.79 Å². The molecule has 1 aliphatic heterocycles. The number of rotatable bonds is 3. The molecule has 25 heavy (non-hydrogen) atoms. The number of amides is 1. The zero-order chi connectivity index (χ0) is 17.2. The molecule has 0 aromatic heterocycles. The largest absolute Gasteiger partial charge is 0.361 e. The number of carbonyl (C=O) groups is 1. The number of para-hydroxylation sites is 1. The molecule has 1 unspecified atom stereocenters. The number of fused-ring (bicyclic) bond motifs is 1. The SMILES string of the molecule is O=C1c2ccccc2NC(c2ccccc2)N1Cc1ccc(Cl)cc1. The zero-order valence-electron chi connectivity index (χ0n) is 13.5. The number of nitrogens with zero attached hydrogens (tertiary/aromatic N) is 1. The molecule has 1 amide bonds. The summed E-state index contributed by atoms with van der Waals surface area (Å²) in [6, 6.07) is 25.3. The van der Waals surface area contributed by atoms with Crippen molar-refractivity contribution >= 4 is 23.2 Å². The van der Waals surface area contributed by atoms with Gasteiger partial charge in [0.05, 0.1) is 5.56 Å². The standard InChI is InChI=1S/C21H17ClN2O/c22-17-12-10-15(11-13-17)14-24-20(16-6-2-1-3-7-16)23-19-9-5-4-8-18(19)21(24)25/h1-13,20,23H,14H2. The summed E-state index contributed by atoms with van der Waals surface area (Å²) < 4.78 is 0. The van der Waals surface area contributed by atoms with Gasteiger partial charge in [-0.1, -0.05) is 66.2 Å². The monoisotopic (exact) mass is 348 g/mol. The first kappa shape index (κ1) is 15.7. The smallest absolute Gasteiger partial charge is 0.258 e. The molecule has 0 spiro atoms. The Morgan fingerprint density at radius 1 is 0.880 bits per heavy atom. The second-order valence-corrected chi connectivity index (χ2v) is 6.50. The average molecular weight is 349 g/mol. The number of halogens is 1. The van der Waals surface area contributed by atoms with Crippen molar-refractivity contribution in [3.8, 4) is 0 Å². The second kappa shape index (κ2) is 6.61. The molecule has 0 bridgehead atoms. The van der Waals surface area contributed by atoms with Gasteiger partial charge in [0.1, 0.15) is 6.17 Å². The minimum absolute atomic E-state index is 0.0261. The van der Waals surface area contributed by atoms with Crippen LogP contribution < -0.4 is 5.32 Å². The summed E-state index contributed by atoms with van der Waals surface area (Å²) in [4.78, 5) is 15.0. The third-order valence-electron chi connectivity index (χ3n) is 4.40. The average Bonchev–Trinajstić information content (AvgIpc) is 2.66. The molecular weight excluding hydrogens is 332 g/mol. The third-order valence-corrected chi connectivity index (χ3v) is 4.66. The Bertz CT molecular complexity index is 893. The van der Waals surface area contributed by atoms with E-state index in [-0.39, 0.29) is 12.1 Å². The quantitative estimate of drug-likeness (QED) is 0.713. The first-order valence-electron chi connectivity index (χ1n) is 8.18. The van der Waals surface area contributed by atoms with Gasteiger partial charge >= 0.3 is 0 Å². The van der Waals surface area contributed by atoms with Crippen molar-refractivity contribution in [2.45, 2.75) is 12.7 Å². The van der Waals surface area contributed by atoms with Crippen molar-refractivity contribution in [1.29, 1.82) is 0 Å². The van der Waals surface area contributed by atoms with Crippen molar-refractivity contribution in [1.82, 2.24) is 4.90 Å². The van der Waals surface area contributed by atoms with Crippen molar-refractivity contribution in [3.05, 3.63) is 101 Å². The van der Waals surface area contributed by atoms with E-state index >= 15 is 0 Å². The predicted molar refractivity (Wildman–Crippen MR) is 101 cm³/mol. The summed E-state index contributed by atoms with van der Waals surface area (Å²) in [5.74, 6) is 0.0261. The lowest BCUT2D eigenvalue weighted by Gasteiger charge is -2.38. The van der Waals surface area contributed by atoms with Gasteiger partial charge in [-0.15, -0.1) is 0 Å². The van der Waals surface area contributed by atoms with Crippen LogP contribution in [0, 0.1) is 0 Å². The molecule has 4 heteroatoms. The summed E-state index contributed by atoms with van der Waals surface area (Å²) in [5, 5.41) is 4.20. The molecule has 1 heterocycles. The van der Waals surface area contributed by atoms with Crippen LogP contribution in [-0.2, 0) is 6.54 Å². The Labute approximate surface area is 151 Å². The first-order chi connectivity index (χ1) is 12.2. The summed E-state index contributed by atoms with van der Waals surface area (Å²) in [7, 11) is 0. The van der Waals surface area contributed by atoms with E-state index in [2.05, 4.69) is 5.32 Å². The van der Waals surface area contributed by atoms with Gasteiger partial charge in [-0.3, -0.25) is 4.79 Å². The predicted octanol–water partition coefficient (Wildman–Crippen LogP) is 5.11. The summed E-state index contributed by atoms with van der Waals surface area (Å²) in [5.41, 5.74) is 3.66. The Kier molecular flexibility index (Phi) is 4.16. The van der Waals surface area contributed by atoms with E-state index in [0.717, 1.165) is 16.8 Å². The fourth-order valence-electron chi connectivity index (χ4n) is 3.14. The first-order valence-corrected chi connectivity index (χ1v) is 8.56. The van der Waals surface area contributed by atoms with E-state index in [1.165, 1.54) is 0 Å². The molecule has 3 aromatic carbocycles. The number of carbonyl (C=O) groups excluding carboxylic acids is 1. The van der Waals surface area contributed by atoms with Crippen molar-refractivity contribution in [2.75, 3.05) is 5.32 Å². The van der Waals surface area contributed by atoms with Crippen LogP contribution in [0.3, 0.4) is 0 Å². The van der Waals surface area contributed by atoms with Gasteiger partial charge in [0.2, 0.25) is 0 Å². The van der Waals surface area contributed by atoms with Gasteiger partial charge < -0.3 is 10.2 Å². The van der Waals surface area contributed by atoms with Crippen molar-refractivity contribution < 1.29 is 4.79 Å². The van der Waals surface area contributed by atoms with Crippen LogP contribution in [0.2, 0.25) is 5.02 Å². The third kappa shape index (κ3) is 3.11. The maximum atomic E-state index is 13.1. The molecule has 4 rings (SSSR count). The molecule has 0 saturated heterocycles. The fraction of sp³-hybridized carbons (Fsp3) is 0.0952. The van der Waals surface area contributed by atoms with Gasteiger partial charge in [0.25, 0.3) is 5.91 Å². The molecule has 0 fully saturated rings. The highest BCUT2D eigenvalue weighted by Crippen LogP contribution is 2.34. The fourth-order valence-corrected chi connectivity index (χ4v) is 3.27. The lowest BCUT2D eigenvalue weighted by Crippen LogP contribution is -2.42. The van der Waals surface area contributed by atoms with Crippen molar-refractivity contribution in [3.63, 3.8) is 0 Å². The van der Waals surface area contributed by atoms with Crippen LogP contribution >= 0.6 is 11.6 Å². The molecular formula is C21H17ClN2O. The molecule has 1 N–H and O–H groups in total. The molecule has 1 aliphatic rings. The Hall–Kier alpha value is -2.78. The summed E-state index contributed by atoms with van der Waals surface area (Å²) >= 11 is 5.98. The highest BCUT2D eigenvalue weighted by Gasteiger charge is 2.32. The lowest BCUT2D eigenvalue weighted by molar-refractivity contribution is 0.0666. The molecule has 124 valence electrons. The van der Waals surface area contributed by atoms with E-state index in [4.69, 9.17) is 11.6 Å². The van der Waals surface area contributed by atoms with Gasteiger partial charge in [0, 0.05) is 17.3 Å². The second-order valence-electron chi connectivity index (χ2n) is 6.06. The zero-order valence-corrected chi connectivity index (χ0v) is 14.3. The van der Waals surface area contributed by atoms with E-state index in [0.29, 0.717) is 17.1 Å². The number of anilines is 1. The van der Waals surface area contributed by atoms with Gasteiger partial charge in [-0.2, -0.15) is 0 Å². The molecule has 1 atom stereocenters. The topological polar surface area (TPSA) is 32.3 Å². The highest BCUT2D eigenvalue weighted by atomic mass is 35.5. The van der Waals surface area contributed by atoms with Crippen molar-refractivity contribution in [2.24, 2.45) is 0 Å². The number of benzene rings is 3.